The van der Waals surface area contributed by atoms with Crippen LogP contribution in [-0.4, -0.2) is 110 Å². The Morgan fingerprint density at radius 1 is 1.16 bits per heavy atom. The molecule has 14 nitrogen and oxygen atoms in total. The summed E-state index contributed by atoms with van der Waals surface area (Å²) in [5, 5.41) is 15.2. The maximum absolute atomic E-state index is 14.1. The van der Waals surface area contributed by atoms with Crippen LogP contribution < -0.4 is 25.8 Å². The number of carboxylic acid groups (broad SMARTS) is 1. The summed E-state index contributed by atoms with van der Waals surface area (Å²) >= 11 is 0. The van der Waals surface area contributed by atoms with Crippen LogP contribution in [-0.2, 0) is 35.8 Å². The first-order valence-electron chi connectivity index (χ1n) is 18.2. The summed E-state index contributed by atoms with van der Waals surface area (Å²) in [5.74, 6) is -1.19. The molecule has 2 bridgehead atoms. The van der Waals surface area contributed by atoms with Gasteiger partial charge in [0.25, 0.3) is 0 Å². The third-order valence-electron chi connectivity index (χ3n) is 11.8. The molecule has 1 aromatic carbocycles. The van der Waals surface area contributed by atoms with Gasteiger partial charge in [0.2, 0.25) is 11.8 Å². The first kappa shape index (κ1) is 36.6. The van der Waals surface area contributed by atoms with E-state index in [1.165, 1.54) is 23.0 Å². The van der Waals surface area contributed by atoms with Crippen LogP contribution in [0.4, 0.5) is 4.79 Å². The van der Waals surface area contributed by atoms with Gasteiger partial charge in [0.15, 0.2) is 23.4 Å². The van der Waals surface area contributed by atoms with Gasteiger partial charge in [-0.15, -0.1) is 0 Å². The lowest BCUT2D eigenvalue weighted by Crippen LogP contribution is -2.63. The topological polar surface area (TPSA) is 190 Å². The van der Waals surface area contributed by atoms with Gasteiger partial charge < -0.3 is 45.5 Å². The van der Waals surface area contributed by atoms with Gasteiger partial charge >= 0.3 is 12.1 Å². The third kappa shape index (κ3) is 7.04. The van der Waals surface area contributed by atoms with Gasteiger partial charge in [-0.1, -0.05) is 12.5 Å². The van der Waals surface area contributed by atoms with Crippen molar-refractivity contribution >= 4 is 29.7 Å². The molecule has 3 aliphatic heterocycles. The van der Waals surface area contributed by atoms with Crippen LogP contribution in [0.25, 0.3) is 0 Å². The van der Waals surface area contributed by atoms with E-state index in [1.807, 2.05) is 12.1 Å². The minimum atomic E-state index is -0.960. The number of ketones is 1. The number of carbonyl (C=O) groups excluding carboxylic acids is 4. The van der Waals surface area contributed by atoms with Gasteiger partial charge in [-0.2, -0.15) is 0 Å². The fourth-order valence-corrected chi connectivity index (χ4v) is 9.23. The Labute approximate surface area is 298 Å². The molecule has 0 saturated carbocycles. The number of Topliss-reactive ketones (excluding diaryl/α,β-unsaturated/α-hetero) is 1. The summed E-state index contributed by atoms with van der Waals surface area (Å²) in [5.41, 5.74) is 7.70. The largest absolute Gasteiger partial charge is 0.493 e. The Bertz CT molecular complexity index is 1580. The number of piperidine rings is 2. The molecule has 2 aliphatic carbocycles. The number of ether oxygens (including phenoxy) is 3. The number of nitrogens with one attached hydrogen (secondary N) is 2. The lowest BCUT2D eigenvalue weighted by Gasteiger charge is -2.56. The van der Waals surface area contributed by atoms with Crippen molar-refractivity contribution in [2.45, 2.75) is 88.3 Å². The Morgan fingerprint density at radius 3 is 2.69 bits per heavy atom. The highest BCUT2D eigenvalue weighted by atomic mass is 16.6. The van der Waals surface area contributed by atoms with Crippen LogP contribution >= 0.6 is 0 Å². The second-order valence-corrected chi connectivity index (χ2v) is 14.8. The van der Waals surface area contributed by atoms with E-state index in [9.17, 15) is 29.1 Å². The minimum absolute atomic E-state index is 0.00398. The van der Waals surface area contributed by atoms with Crippen molar-refractivity contribution in [1.29, 1.82) is 0 Å². The normalized spacial score (nSPS) is 28.0. The molecular formula is C37H51N5O9. The Kier molecular flexibility index (Phi) is 10.9. The van der Waals surface area contributed by atoms with Crippen LogP contribution in [0.1, 0.15) is 69.4 Å². The molecule has 2 fully saturated rings. The zero-order valence-corrected chi connectivity index (χ0v) is 29.8. The monoisotopic (exact) mass is 709 g/mol. The molecule has 1 aromatic rings. The van der Waals surface area contributed by atoms with Crippen LogP contribution in [0.5, 0.6) is 11.5 Å². The fraction of sp³-hybridized carbons (Fsp3) is 0.649. The molecule has 0 radical (unpaired) electrons. The number of methoxy groups -OCH3 is 1. The lowest BCUT2D eigenvalue weighted by atomic mass is 9.53. The molecule has 3 heterocycles. The molecule has 14 heteroatoms. The van der Waals surface area contributed by atoms with E-state index >= 15 is 0 Å². The predicted octanol–water partition coefficient (Wildman–Crippen LogP) is 2.12. The molecule has 5 unspecified atom stereocenters. The number of carbonyl (C=O) groups is 5. The maximum atomic E-state index is 14.1. The van der Waals surface area contributed by atoms with E-state index in [-0.39, 0.29) is 67.8 Å². The number of allylic oxidation sites excluding steroid dienone is 1. The Balaban J connectivity index is 1.19. The fourth-order valence-electron chi connectivity index (χ4n) is 9.23. The number of nitrogens with zero attached hydrogens (tertiary/aromatic N) is 2. The maximum Gasteiger partial charge on any atom is 0.415 e. The van der Waals surface area contributed by atoms with Crippen molar-refractivity contribution in [3.63, 3.8) is 0 Å². The van der Waals surface area contributed by atoms with E-state index in [1.54, 1.807) is 7.11 Å². The average Bonchev–Trinajstić information content (AvgIpc) is 3.47. The van der Waals surface area contributed by atoms with E-state index in [0.29, 0.717) is 43.4 Å². The number of likely N-dealkylation sites (N-methyl/N-ethyl adjacent to an activating group) is 1. The van der Waals surface area contributed by atoms with E-state index in [0.717, 1.165) is 31.6 Å². The summed E-state index contributed by atoms with van der Waals surface area (Å²) in [4.78, 5) is 67.4. The number of unbranched alkanes of at least 4 members (excludes halogenated alkanes) is 1. The quantitative estimate of drug-likeness (QED) is 0.207. The third-order valence-corrected chi connectivity index (χ3v) is 11.8. The number of hydrogen-bond acceptors (Lipinski definition) is 10. The van der Waals surface area contributed by atoms with Crippen molar-refractivity contribution < 1.29 is 43.3 Å². The van der Waals surface area contributed by atoms with E-state index in [4.69, 9.17) is 19.9 Å². The number of nitrogens with two attached hydrogens (primary N) is 1. The van der Waals surface area contributed by atoms with Gasteiger partial charge in [-0.25, -0.2) is 4.79 Å². The van der Waals surface area contributed by atoms with Crippen LogP contribution in [0.3, 0.4) is 0 Å². The van der Waals surface area contributed by atoms with E-state index < -0.39 is 36.0 Å². The van der Waals surface area contributed by atoms with Crippen molar-refractivity contribution in [3.8, 4) is 11.5 Å². The van der Waals surface area contributed by atoms with Crippen LogP contribution in [0.2, 0.25) is 0 Å². The summed E-state index contributed by atoms with van der Waals surface area (Å²) in [6.07, 6.45) is 5.40. The highest BCUT2D eigenvalue weighted by Crippen LogP contribution is 2.63. The van der Waals surface area contributed by atoms with Gasteiger partial charge in [0, 0.05) is 49.4 Å². The SMILES string of the molecule is COc1ccc2c3c1OC1C(OC(=O)N4CCC(C(=O)O)CC4CNC(=O)[C@H](CCCCN)CC(=O)CNC(C)=O)=CCC4C(C2)N(C)CC[C@]314. The molecule has 2 saturated heterocycles. The van der Waals surface area contributed by atoms with Crippen molar-refractivity contribution in [3.05, 3.63) is 35.1 Å². The molecule has 6 rings (SSSR count). The first-order chi connectivity index (χ1) is 24.5. The molecule has 278 valence electrons. The summed E-state index contributed by atoms with van der Waals surface area (Å²) in [7, 11) is 3.80. The number of amides is 3. The van der Waals surface area contributed by atoms with E-state index in [2.05, 4.69) is 28.6 Å². The molecule has 3 amide bonds. The number of rotatable bonds is 14. The number of benzene rings is 1. The summed E-state index contributed by atoms with van der Waals surface area (Å²) in [6, 6.07) is 3.75. The first-order valence-corrected chi connectivity index (χ1v) is 18.2. The second-order valence-electron chi connectivity index (χ2n) is 14.8. The molecular weight excluding hydrogens is 658 g/mol. The second kappa shape index (κ2) is 15.2. The van der Waals surface area contributed by atoms with Gasteiger partial charge in [-0.3, -0.25) is 19.2 Å². The zero-order valence-electron chi connectivity index (χ0n) is 29.8. The van der Waals surface area contributed by atoms with Crippen molar-refractivity contribution in [1.82, 2.24) is 20.4 Å². The molecule has 5 N–H and O–H groups in total. The lowest BCUT2D eigenvalue weighted by molar-refractivity contribution is -0.144. The minimum Gasteiger partial charge on any atom is -0.493 e. The van der Waals surface area contributed by atoms with Crippen molar-refractivity contribution in [2.75, 3.05) is 46.9 Å². The molecule has 1 spiro atoms. The highest BCUT2D eigenvalue weighted by Gasteiger charge is 2.65. The number of aliphatic carboxylic acids is 1. The van der Waals surface area contributed by atoms with Crippen LogP contribution in [0, 0.1) is 17.8 Å². The molecule has 0 aromatic heterocycles. The molecule has 51 heavy (non-hydrogen) atoms. The van der Waals surface area contributed by atoms with Crippen LogP contribution in [0.15, 0.2) is 24.0 Å². The number of likely N-dealkylation sites (tertiary alicyclic amines) is 2. The summed E-state index contributed by atoms with van der Waals surface area (Å²) in [6.45, 7) is 2.62. The van der Waals surface area contributed by atoms with Gasteiger partial charge in [0.05, 0.1) is 25.6 Å². The number of hydrogen-bond donors (Lipinski definition) is 4. The van der Waals surface area contributed by atoms with Gasteiger partial charge in [-0.05, 0) is 88.7 Å². The zero-order chi connectivity index (χ0) is 36.4. The number of carboxylic acids is 1. The Morgan fingerprint density at radius 2 is 1.96 bits per heavy atom. The molecule has 7 atom stereocenters. The highest BCUT2D eigenvalue weighted by molar-refractivity contribution is 5.89. The smallest absolute Gasteiger partial charge is 0.415 e. The molecule has 5 aliphatic rings. The Hall–Kier alpha value is -4.17. The predicted molar refractivity (Wildman–Crippen MR) is 185 cm³/mol. The van der Waals surface area contributed by atoms with Crippen molar-refractivity contribution in [2.24, 2.45) is 23.5 Å². The van der Waals surface area contributed by atoms with Gasteiger partial charge in [0.1, 0.15) is 5.76 Å². The summed E-state index contributed by atoms with van der Waals surface area (Å²) < 4.78 is 18.7. The average molecular weight is 710 g/mol. The standard InChI is InChI=1S/C37H51N5O9/c1-21(43)39-20-26(44)17-23(6-4-5-13-38)34(45)40-19-25-16-24(35(46)47)11-14-42(25)36(48)50-30-10-8-27-28-18-22-7-9-29(49-3)32-31(22)37(27,33(30)51-32)12-15-41(28)2/h7,9-10,23-25,27-28,33H,4-6,8,11-20,38H2,1-3H3,(H,39,43)(H,40,45)(H,46,47)/t23-,24?,25?,27?,28?,33?,37+/m1/s1.